The molecule has 3 heteroatoms. The van der Waals surface area contributed by atoms with E-state index in [0.29, 0.717) is 0 Å². The number of rotatable bonds is 4. The first-order chi connectivity index (χ1) is 6.33. The highest BCUT2D eigenvalue weighted by Gasteiger charge is 2.07. The summed E-state index contributed by atoms with van der Waals surface area (Å²) >= 11 is 3.47. The molecule has 13 heavy (non-hydrogen) atoms. The lowest BCUT2D eigenvalue weighted by atomic mass is 10.2. The summed E-state index contributed by atoms with van der Waals surface area (Å²) in [6.45, 7) is 6.31. The third kappa shape index (κ3) is 2.44. The summed E-state index contributed by atoms with van der Waals surface area (Å²) in [5, 5.41) is 0.868. The first-order valence-corrected chi connectivity index (χ1v) is 5.70. The lowest BCUT2D eigenvalue weighted by molar-refractivity contribution is 0.840. The van der Waals surface area contributed by atoms with Crippen LogP contribution in [0.4, 0.5) is 5.82 Å². The number of anilines is 1. The zero-order valence-electron chi connectivity index (χ0n) is 8.13. The molecule has 0 saturated heterocycles. The summed E-state index contributed by atoms with van der Waals surface area (Å²) in [6, 6.07) is 4.08. The van der Waals surface area contributed by atoms with Gasteiger partial charge in [-0.05, 0) is 19.9 Å². The van der Waals surface area contributed by atoms with Crippen LogP contribution >= 0.6 is 15.9 Å². The Kier molecular flexibility index (Phi) is 4.22. The first kappa shape index (κ1) is 10.5. The van der Waals surface area contributed by atoms with Crippen LogP contribution in [0.5, 0.6) is 0 Å². The Labute approximate surface area is 88.1 Å². The number of pyridine rings is 1. The Morgan fingerprint density at radius 3 is 2.62 bits per heavy atom. The molecule has 0 aromatic carbocycles. The number of halogens is 1. The molecule has 0 amide bonds. The van der Waals surface area contributed by atoms with E-state index >= 15 is 0 Å². The van der Waals surface area contributed by atoms with Gasteiger partial charge in [-0.2, -0.15) is 0 Å². The highest BCUT2D eigenvalue weighted by molar-refractivity contribution is 9.08. The molecule has 0 bridgehead atoms. The summed E-state index contributed by atoms with van der Waals surface area (Å²) in [7, 11) is 0. The van der Waals surface area contributed by atoms with Gasteiger partial charge in [0.05, 0.1) is 0 Å². The van der Waals surface area contributed by atoms with E-state index in [0.717, 1.165) is 24.2 Å². The van der Waals surface area contributed by atoms with Crippen LogP contribution < -0.4 is 4.90 Å². The molecule has 0 N–H and O–H groups in total. The van der Waals surface area contributed by atoms with Gasteiger partial charge in [-0.1, -0.05) is 22.0 Å². The van der Waals surface area contributed by atoms with Crippen molar-refractivity contribution in [2.75, 3.05) is 18.0 Å². The molecule has 1 aromatic heterocycles. The molecule has 0 spiro atoms. The molecule has 1 heterocycles. The van der Waals surface area contributed by atoms with E-state index in [1.54, 1.807) is 0 Å². The van der Waals surface area contributed by atoms with Gasteiger partial charge in [-0.25, -0.2) is 4.98 Å². The molecular formula is C10H15BrN2. The predicted molar refractivity (Wildman–Crippen MR) is 60.4 cm³/mol. The van der Waals surface area contributed by atoms with Crippen LogP contribution in [0.25, 0.3) is 0 Å². The lowest BCUT2D eigenvalue weighted by Crippen LogP contribution is -2.24. The lowest BCUT2D eigenvalue weighted by Gasteiger charge is -2.21. The molecule has 0 saturated carbocycles. The van der Waals surface area contributed by atoms with E-state index in [4.69, 9.17) is 0 Å². The normalized spacial score (nSPS) is 10.1. The molecule has 0 unspecified atom stereocenters. The van der Waals surface area contributed by atoms with Gasteiger partial charge < -0.3 is 4.90 Å². The number of alkyl halides is 1. The number of hydrogen-bond donors (Lipinski definition) is 0. The Balaban J connectivity index is 2.96. The summed E-state index contributed by atoms with van der Waals surface area (Å²) in [6.07, 6.45) is 1.85. The Hall–Kier alpha value is -0.570. The zero-order valence-corrected chi connectivity index (χ0v) is 9.71. The third-order valence-corrected chi connectivity index (χ3v) is 2.68. The molecule has 0 aliphatic heterocycles. The van der Waals surface area contributed by atoms with Crippen molar-refractivity contribution in [3.63, 3.8) is 0 Å². The van der Waals surface area contributed by atoms with Crippen LogP contribution in [0.3, 0.4) is 0 Å². The molecule has 2 nitrogen and oxygen atoms in total. The molecule has 0 radical (unpaired) electrons. The topological polar surface area (TPSA) is 16.1 Å². The van der Waals surface area contributed by atoms with Crippen molar-refractivity contribution >= 4 is 21.7 Å². The minimum Gasteiger partial charge on any atom is -0.357 e. The van der Waals surface area contributed by atoms with Gasteiger partial charge in [-0.15, -0.1) is 0 Å². The zero-order chi connectivity index (χ0) is 9.68. The molecule has 72 valence electrons. The summed E-state index contributed by atoms with van der Waals surface area (Å²) in [5.74, 6) is 1.10. The minimum absolute atomic E-state index is 0.868. The van der Waals surface area contributed by atoms with Crippen molar-refractivity contribution < 1.29 is 0 Å². The average Bonchev–Trinajstić information content (AvgIpc) is 2.20. The molecule has 1 rings (SSSR count). The molecular weight excluding hydrogens is 228 g/mol. The molecule has 1 aromatic rings. The fourth-order valence-electron chi connectivity index (χ4n) is 1.34. The summed E-state index contributed by atoms with van der Waals surface area (Å²) < 4.78 is 0. The summed E-state index contributed by atoms with van der Waals surface area (Å²) in [5.41, 5.74) is 1.26. The number of aromatic nitrogens is 1. The Bertz CT molecular complexity index is 259. The molecule has 0 atom stereocenters. The SMILES string of the molecule is CCN(CC)c1ncccc1CBr. The van der Waals surface area contributed by atoms with E-state index < -0.39 is 0 Å². The van der Waals surface area contributed by atoms with E-state index in [2.05, 4.69) is 45.7 Å². The van der Waals surface area contributed by atoms with Crippen LogP contribution in [0.2, 0.25) is 0 Å². The number of hydrogen-bond acceptors (Lipinski definition) is 2. The van der Waals surface area contributed by atoms with E-state index in [1.165, 1.54) is 5.56 Å². The Morgan fingerprint density at radius 1 is 1.38 bits per heavy atom. The van der Waals surface area contributed by atoms with Crippen molar-refractivity contribution in [1.82, 2.24) is 4.98 Å². The van der Waals surface area contributed by atoms with Gasteiger partial charge in [0.1, 0.15) is 5.82 Å². The standard InChI is InChI=1S/C10H15BrN2/c1-3-13(4-2)10-9(8-11)6-5-7-12-10/h5-7H,3-4,8H2,1-2H3. The molecule has 0 fully saturated rings. The van der Waals surface area contributed by atoms with Gasteiger partial charge in [0.15, 0.2) is 0 Å². The second-order valence-corrected chi connectivity index (χ2v) is 3.35. The van der Waals surface area contributed by atoms with Crippen LogP contribution in [0.1, 0.15) is 19.4 Å². The highest BCUT2D eigenvalue weighted by atomic mass is 79.9. The second-order valence-electron chi connectivity index (χ2n) is 2.79. The van der Waals surface area contributed by atoms with Crippen LogP contribution in [0, 0.1) is 0 Å². The maximum Gasteiger partial charge on any atom is 0.132 e. The monoisotopic (exact) mass is 242 g/mol. The van der Waals surface area contributed by atoms with Gasteiger partial charge in [0.25, 0.3) is 0 Å². The van der Waals surface area contributed by atoms with E-state index in [9.17, 15) is 0 Å². The quantitative estimate of drug-likeness (QED) is 0.756. The fraction of sp³-hybridized carbons (Fsp3) is 0.500. The van der Waals surface area contributed by atoms with Crippen molar-refractivity contribution in [2.24, 2.45) is 0 Å². The van der Waals surface area contributed by atoms with E-state index in [1.807, 2.05) is 12.3 Å². The van der Waals surface area contributed by atoms with Gasteiger partial charge >= 0.3 is 0 Å². The van der Waals surface area contributed by atoms with Crippen molar-refractivity contribution in [1.29, 1.82) is 0 Å². The van der Waals surface area contributed by atoms with Crippen LogP contribution in [-0.4, -0.2) is 18.1 Å². The van der Waals surface area contributed by atoms with Crippen molar-refractivity contribution in [2.45, 2.75) is 19.2 Å². The average molecular weight is 243 g/mol. The summed E-state index contributed by atoms with van der Waals surface area (Å²) in [4.78, 5) is 6.65. The maximum absolute atomic E-state index is 4.39. The first-order valence-electron chi connectivity index (χ1n) is 4.58. The van der Waals surface area contributed by atoms with Crippen molar-refractivity contribution in [3.05, 3.63) is 23.9 Å². The van der Waals surface area contributed by atoms with Crippen LogP contribution in [-0.2, 0) is 5.33 Å². The Morgan fingerprint density at radius 2 is 2.08 bits per heavy atom. The smallest absolute Gasteiger partial charge is 0.132 e. The second kappa shape index (κ2) is 5.22. The van der Waals surface area contributed by atoms with Crippen LogP contribution in [0.15, 0.2) is 18.3 Å². The largest absolute Gasteiger partial charge is 0.357 e. The molecule has 0 aliphatic carbocycles. The third-order valence-electron chi connectivity index (χ3n) is 2.07. The van der Waals surface area contributed by atoms with Gasteiger partial charge in [0.2, 0.25) is 0 Å². The fourth-order valence-corrected chi connectivity index (χ4v) is 1.78. The van der Waals surface area contributed by atoms with Crippen molar-refractivity contribution in [3.8, 4) is 0 Å². The minimum atomic E-state index is 0.868. The van der Waals surface area contributed by atoms with E-state index in [-0.39, 0.29) is 0 Å². The van der Waals surface area contributed by atoms with Gasteiger partial charge in [-0.3, -0.25) is 0 Å². The number of nitrogens with zero attached hydrogens (tertiary/aromatic N) is 2. The maximum atomic E-state index is 4.39. The van der Waals surface area contributed by atoms with Gasteiger partial charge in [0, 0.05) is 30.2 Å². The highest BCUT2D eigenvalue weighted by Crippen LogP contribution is 2.18. The predicted octanol–water partition coefficient (Wildman–Crippen LogP) is 2.82. The molecule has 0 aliphatic rings.